The van der Waals surface area contributed by atoms with Crippen molar-refractivity contribution in [3.8, 4) is 0 Å². The van der Waals surface area contributed by atoms with Crippen molar-refractivity contribution < 1.29 is 4.79 Å². The molecule has 2 aromatic carbocycles. The first-order valence-corrected chi connectivity index (χ1v) is 8.05. The van der Waals surface area contributed by atoms with Crippen molar-refractivity contribution in [2.75, 3.05) is 13.1 Å². The van der Waals surface area contributed by atoms with Gasteiger partial charge in [0.15, 0.2) is 5.78 Å². The normalized spacial score (nSPS) is 18.6. The highest BCUT2D eigenvalue weighted by atomic mass is 35.5. The molecular formula is C19H15Cl2NO. The number of nitrogens with one attached hydrogen (secondary N) is 1. The average Bonchev–Trinajstić information content (AvgIpc) is 2.55. The molecule has 0 aromatic heterocycles. The molecule has 1 fully saturated rings. The Balaban J connectivity index is 1.86. The molecular weight excluding hydrogens is 329 g/mol. The molecule has 1 aliphatic heterocycles. The maximum Gasteiger partial charge on any atom is 0.187 e. The number of rotatable bonds is 2. The summed E-state index contributed by atoms with van der Waals surface area (Å²) >= 11 is 11.8. The second kappa shape index (κ2) is 7.14. The SMILES string of the molecule is O=C1/C(=C\c2ccc(Cl)cc2)CNC/C1=C\c1ccc(Cl)cc1. The number of hydrogen-bond donors (Lipinski definition) is 1. The molecule has 3 rings (SSSR count). The number of benzene rings is 2. The summed E-state index contributed by atoms with van der Waals surface area (Å²) in [6.07, 6.45) is 3.81. The van der Waals surface area contributed by atoms with E-state index >= 15 is 0 Å². The third kappa shape index (κ3) is 4.11. The molecule has 0 amide bonds. The first-order chi connectivity index (χ1) is 11.1. The number of halogens is 2. The Bertz CT molecular complexity index is 709. The number of carbonyl (C=O) groups is 1. The molecule has 1 N–H and O–H groups in total. The van der Waals surface area contributed by atoms with Crippen LogP contribution < -0.4 is 5.32 Å². The van der Waals surface area contributed by atoms with Crippen LogP contribution in [0.2, 0.25) is 10.0 Å². The van der Waals surface area contributed by atoms with E-state index < -0.39 is 0 Å². The van der Waals surface area contributed by atoms with Gasteiger partial charge < -0.3 is 5.32 Å². The molecule has 0 spiro atoms. The molecule has 0 aliphatic carbocycles. The smallest absolute Gasteiger partial charge is 0.187 e. The number of carbonyl (C=O) groups excluding carboxylic acids is 1. The number of piperidine rings is 1. The van der Waals surface area contributed by atoms with Crippen LogP contribution in [0.25, 0.3) is 12.2 Å². The van der Waals surface area contributed by atoms with E-state index in [2.05, 4.69) is 5.32 Å². The molecule has 1 aliphatic rings. The Hall–Kier alpha value is -1.87. The van der Waals surface area contributed by atoms with Gasteiger partial charge >= 0.3 is 0 Å². The minimum atomic E-state index is 0.0775. The highest BCUT2D eigenvalue weighted by Gasteiger charge is 2.19. The lowest BCUT2D eigenvalue weighted by molar-refractivity contribution is -0.112. The molecule has 0 unspecified atom stereocenters. The van der Waals surface area contributed by atoms with Crippen LogP contribution >= 0.6 is 23.2 Å². The van der Waals surface area contributed by atoms with E-state index in [1.807, 2.05) is 60.7 Å². The van der Waals surface area contributed by atoms with Crippen molar-refractivity contribution in [3.05, 3.63) is 80.8 Å². The summed E-state index contributed by atoms with van der Waals surface area (Å²) in [4.78, 5) is 12.6. The van der Waals surface area contributed by atoms with E-state index in [1.165, 1.54) is 0 Å². The lowest BCUT2D eigenvalue weighted by atomic mass is 9.95. The van der Waals surface area contributed by atoms with Crippen LogP contribution in [0.1, 0.15) is 11.1 Å². The Morgan fingerprint density at radius 3 is 1.52 bits per heavy atom. The fourth-order valence-corrected chi connectivity index (χ4v) is 2.70. The van der Waals surface area contributed by atoms with Crippen LogP contribution in [-0.2, 0) is 4.79 Å². The van der Waals surface area contributed by atoms with Crippen LogP contribution in [0.5, 0.6) is 0 Å². The lowest BCUT2D eigenvalue weighted by Crippen LogP contribution is -2.32. The second-order valence-electron chi connectivity index (χ2n) is 5.37. The third-order valence-electron chi connectivity index (χ3n) is 3.64. The highest BCUT2D eigenvalue weighted by Crippen LogP contribution is 2.19. The van der Waals surface area contributed by atoms with Crippen molar-refractivity contribution in [2.45, 2.75) is 0 Å². The number of Topliss-reactive ketones (excluding diaryl/α,β-unsaturated/α-hetero) is 1. The van der Waals surface area contributed by atoms with Gasteiger partial charge in [0, 0.05) is 34.3 Å². The fourth-order valence-electron chi connectivity index (χ4n) is 2.45. The predicted molar refractivity (Wildman–Crippen MR) is 96.7 cm³/mol. The Labute approximate surface area is 145 Å². The number of hydrogen-bond acceptors (Lipinski definition) is 2. The van der Waals surface area contributed by atoms with Gasteiger partial charge in [-0.25, -0.2) is 0 Å². The van der Waals surface area contributed by atoms with Crippen molar-refractivity contribution in [1.29, 1.82) is 0 Å². The quantitative estimate of drug-likeness (QED) is 0.805. The van der Waals surface area contributed by atoms with Crippen molar-refractivity contribution >= 4 is 41.1 Å². The van der Waals surface area contributed by atoms with E-state index in [0.29, 0.717) is 23.1 Å². The first kappa shape index (κ1) is 16.0. The maximum atomic E-state index is 12.6. The summed E-state index contributed by atoms with van der Waals surface area (Å²) in [5, 5.41) is 4.64. The molecule has 0 radical (unpaired) electrons. The van der Waals surface area contributed by atoms with E-state index in [1.54, 1.807) is 0 Å². The van der Waals surface area contributed by atoms with Gasteiger partial charge in [0.05, 0.1) is 0 Å². The summed E-state index contributed by atoms with van der Waals surface area (Å²) in [6.45, 7) is 1.14. The Morgan fingerprint density at radius 2 is 1.13 bits per heavy atom. The monoisotopic (exact) mass is 343 g/mol. The largest absolute Gasteiger partial charge is 0.308 e. The average molecular weight is 344 g/mol. The summed E-state index contributed by atoms with van der Waals surface area (Å²) in [5.41, 5.74) is 3.43. The van der Waals surface area contributed by atoms with Gasteiger partial charge in [-0.3, -0.25) is 4.79 Å². The Kier molecular flexibility index (Phi) is 4.97. The summed E-state index contributed by atoms with van der Waals surface area (Å²) < 4.78 is 0. The minimum Gasteiger partial charge on any atom is -0.308 e. The molecule has 0 atom stereocenters. The van der Waals surface area contributed by atoms with Gasteiger partial charge in [0.25, 0.3) is 0 Å². The van der Waals surface area contributed by atoms with Crippen molar-refractivity contribution in [2.24, 2.45) is 0 Å². The van der Waals surface area contributed by atoms with Crippen LogP contribution in [0.4, 0.5) is 0 Å². The summed E-state index contributed by atoms with van der Waals surface area (Å²) in [5.74, 6) is 0.0775. The van der Waals surface area contributed by atoms with Gasteiger partial charge in [-0.2, -0.15) is 0 Å². The number of ketones is 1. The molecule has 2 aromatic rings. The second-order valence-corrected chi connectivity index (χ2v) is 6.25. The van der Waals surface area contributed by atoms with Crippen LogP contribution in [-0.4, -0.2) is 18.9 Å². The fraction of sp³-hybridized carbons (Fsp3) is 0.105. The van der Waals surface area contributed by atoms with E-state index in [-0.39, 0.29) is 5.78 Å². The van der Waals surface area contributed by atoms with Crippen LogP contribution in [0, 0.1) is 0 Å². The zero-order valence-electron chi connectivity index (χ0n) is 12.4. The van der Waals surface area contributed by atoms with E-state index in [4.69, 9.17) is 23.2 Å². The zero-order chi connectivity index (χ0) is 16.2. The zero-order valence-corrected chi connectivity index (χ0v) is 13.9. The van der Waals surface area contributed by atoms with Crippen molar-refractivity contribution in [1.82, 2.24) is 5.32 Å². The highest BCUT2D eigenvalue weighted by molar-refractivity contribution is 6.30. The molecule has 23 heavy (non-hydrogen) atoms. The molecule has 116 valence electrons. The topological polar surface area (TPSA) is 29.1 Å². The van der Waals surface area contributed by atoms with Crippen molar-refractivity contribution in [3.63, 3.8) is 0 Å². The Morgan fingerprint density at radius 1 is 0.739 bits per heavy atom. The summed E-state index contributed by atoms with van der Waals surface area (Å²) in [6, 6.07) is 14.9. The molecule has 1 heterocycles. The van der Waals surface area contributed by atoms with Gasteiger partial charge in [-0.1, -0.05) is 47.5 Å². The maximum absolute atomic E-state index is 12.6. The van der Waals surface area contributed by atoms with Gasteiger partial charge in [-0.15, -0.1) is 0 Å². The molecule has 2 nitrogen and oxygen atoms in total. The van der Waals surface area contributed by atoms with E-state index in [9.17, 15) is 4.79 Å². The van der Waals surface area contributed by atoms with Gasteiger partial charge in [-0.05, 0) is 47.5 Å². The van der Waals surface area contributed by atoms with Gasteiger partial charge in [0.2, 0.25) is 0 Å². The molecule has 4 heteroatoms. The van der Waals surface area contributed by atoms with Gasteiger partial charge in [0.1, 0.15) is 0 Å². The third-order valence-corrected chi connectivity index (χ3v) is 4.14. The van der Waals surface area contributed by atoms with E-state index in [0.717, 1.165) is 22.3 Å². The predicted octanol–water partition coefficient (Wildman–Crippen LogP) is 4.63. The van der Waals surface area contributed by atoms with Crippen LogP contribution in [0.3, 0.4) is 0 Å². The molecule has 0 saturated carbocycles. The first-order valence-electron chi connectivity index (χ1n) is 7.29. The lowest BCUT2D eigenvalue weighted by Gasteiger charge is -2.18. The van der Waals surface area contributed by atoms with Crippen LogP contribution in [0.15, 0.2) is 59.7 Å². The summed E-state index contributed by atoms with van der Waals surface area (Å²) in [7, 11) is 0. The molecule has 0 bridgehead atoms. The minimum absolute atomic E-state index is 0.0775. The molecule has 1 saturated heterocycles. The standard InChI is InChI=1S/C19H15Cl2NO/c20-17-5-1-13(2-6-17)9-15-11-22-12-16(19(15)23)10-14-3-7-18(21)8-4-14/h1-10,22H,11-12H2/b15-9-,16-10+.